The van der Waals surface area contributed by atoms with Gasteiger partial charge in [0.05, 0.1) is 5.56 Å². The molecule has 1 unspecified atom stereocenters. The number of benzene rings is 4. The molecule has 0 spiro atoms. The van der Waals surface area contributed by atoms with E-state index in [-0.39, 0.29) is 5.91 Å². The molecule has 2 aromatic heterocycles. The smallest absolute Gasteiger partial charge is 0.344 e. The highest BCUT2D eigenvalue weighted by Gasteiger charge is 2.13. The van der Waals surface area contributed by atoms with E-state index in [1.165, 1.54) is 5.56 Å². The van der Waals surface area contributed by atoms with E-state index >= 15 is 0 Å². The topological polar surface area (TPSA) is 85.3 Å². The van der Waals surface area contributed by atoms with Crippen LogP contribution in [0.2, 0.25) is 0 Å². The molecular weight excluding hydrogens is 488 g/mol. The summed E-state index contributed by atoms with van der Waals surface area (Å²) in [5.74, 6) is 0.754. The molecule has 1 amide bonds. The van der Waals surface area contributed by atoms with Gasteiger partial charge in [-0.3, -0.25) is 4.79 Å². The van der Waals surface area contributed by atoms with Crippen molar-refractivity contribution in [2.24, 2.45) is 0 Å². The third kappa shape index (κ3) is 4.84. The molecule has 39 heavy (non-hydrogen) atoms. The van der Waals surface area contributed by atoms with E-state index in [2.05, 4.69) is 36.3 Å². The molecule has 0 aliphatic heterocycles. The molecule has 6 nitrogen and oxygen atoms in total. The normalized spacial score (nSPS) is 12.1. The second kappa shape index (κ2) is 10.1. The summed E-state index contributed by atoms with van der Waals surface area (Å²) >= 11 is 0. The van der Waals surface area contributed by atoms with E-state index in [0.717, 1.165) is 28.5 Å². The lowest BCUT2D eigenvalue weighted by Crippen LogP contribution is -2.11. The first-order valence-corrected chi connectivity index (χ1v) is 12.9. The molecule has 1 atom stereocenters. The predicted octanol–water partition coefficient (Wildman–Crippen LogP) is 8.03. The van der Waals surface area contributed by atoms with Crippen molar-refractivity contribution in [1.29, 1.82) is 0 Å². The Morgan fingerprint density at radius 2 is 1.59 bits per heavy atom. The molecule has 0 aliphatic carbocycles. The molecule has 6 aromatic rings. The molecule has 0 saturated heterocycles. The minimum absolute atomic E-state index is 0.251. The Bertz CT molecular complexity index is 1870. The molecule has 0 saturated carbocycles. The van der Waals surface area contributed by atoms with Gasteiger partial charge in [0.2, 0.25) is 5.89 Å². The third-order valence-electron chi connectivity index (χ3n) is 7.08. The lowest BCUT2D eigenvalue weighted by molar-refractivity contribution is 0.102. The first-order valence-electron chi connectivity index (χ1n) is 12.9. The zero-order valence-electron chi connectivity index (χ0n) is 21.6. The highest BCUT2D eigenvalue weighted by molar-refractivity contribution is 6.04. The number of carbonyl (C=O) groups is 1. The number of aromatic nitrogens is 1. The Morgan fingerprint density at radius 1 is 0.846 bits per heavy atom. The fraction of sp³-hybridized carbons (Fsp3) is 0.121. The summed E-state index contributed by atoms with van der Waals surface area (Å²) in [6.07, 6.45) is 1.06. The molecule has 192 valence electrons. The van der Waals surface area contributed by atoms with Crippen LogP contribution in [0.15, 0.2) is 111 Å². The molecule has 0 aliphatic rings. The van der Waals surface area contributed by atoms with E-state index in [4.69, 9.17) is 8.83 Å². The maximum Gasteiger partial charge on any atom is 0.344 e. The van der Waals surface area contributed by atoms with Crippen LogP contribution in [0.4, 0.5) is 5.69 Å². The highest BCUT2D eigenvalue weighted by atomic mass is 16.4. The van der Waals surface area contributed by atoms with Crippen LogP contribution in [-0.2, 0) is 0 Å². The minimum Gasteiger partial charge on any atom is -0.436 e. The number of hydrogen-bond donors (Lipinski definition) is 1. The largest absolute Gasteiger partial charge is 0.436 e. The maximum absolute atomic E-state index is 12.9. The van der Waals surface area contributed by atoms with Crippen molar-refractivity contribution in [2.45, 2.75) is 26.2 Å². The summed E-state index contributed by atoms with van der Waals surface area (Å²) in [7, 11) is 0. The lowest BCUT2D eigenvalue weighted by Gasteiger charge is -2.07. The van der Waals surface area contributed by atoms with E-state index < -0.39 is 5.63 Å². The Hall–Kier alpha value is -4.97. The predicted molar refractivity (Wildman–Crippen MR) is 154 cm³/mol. The minimum atomic E-state index is -0.416. The Labute approximate surface area is 224 Å². The van der Waals surface area contributed by atoms with Crippen molar-refractivity contribution in [3.05, 3.63) is 119 Å². The van der Waals surface area contributed by atoms with Crippen molar-refractivity contribution in [3.63, 3.8) is 0 Å². The van der Waals surface area contributed by atoms with Gasteiger partial charge in [-0.05, 0) is 84.1 Å². The summed E-state index contributed by atoms with van der Waals surface area (Å²) in [4.78, 5) is 30.0. The van der Waals surface area contributed by atoms with E-state index in [1.807, 2.05) is 48.5 Å². The molecule has 6 heteroatoms. The van der Waals surface area contributed by atoms with Crippen LogP contribution < -0.4 is 10.9 Å². The Kier molecular flexibility index (Phi) is 6.29. The third-order valence-corrected chi connectivity index (χ3v) is 7.08. The molecule has 4 aromatic carbocycles. The van der Waals surface area contributed by atoms with Gasteiger partial charge in [-0.15, -0.1) is 0 Å². The summed E-state index contributed by atoms with van der Waals surface area (Å²) < 4.78 is 11.4. The molecule has 0 bridgehead atoms. The highest BCUT2D eigenvalue weighted by Crippen LogP contribution is 2.29. The number of hydrogen-bond acceptors (Lipinski definition) is 5. The number of fused-ring (bicyclic) bond motifs is 2. The van der Waals surface area contributed by atoms with Gasteiger partial charge in [-0.2, -0.15) is 0 Å². The zero-order chi connectivity index (χ0) is 26.9. The van der Waals surface area contributed by atoms with Crippen molar-refractivity contribution < 1.29 is 13.6 Å². The molecule has 6 rings (SSSR count). The number of nitrogens with one attached hydrogen (secondary N) is 1. The van der Waals surface area contributed by atoms with Crippen molar-refractivity contribution in [2.75, 3.05) is 5.32 Å². The van der Waals surface area contributed by atoms with Crippen LogP contribution in [0.5, 0.6) is 0 Å². The van der Waals surface area contributed by atoms with Crippen molar-refractivity contribution in [3.8, 4) is 22.6 Å². The van der Waals surface area contributed by atoms with Crippen LogP contribution >= 0.6 is 0 Å². The van der Waals surface area contributed by atoms with Gasteiger partial charge in [0.1, 0.15) is 11.1 Å². The van der Waals surface area contributed by atoms with Crippen molar-refractivity contribution >= 4 is 33.7 Å². The summed E-state index contributed by atoms with van der Waals surface area (Å²) in [6.45, 7) is 4.37. The molecular formula is C33H26N2O4. The Morgan fingerprint density at radius 3 is 2.36 bits per heavy atom. The Balaban J connectivity index is 1.17. The van der Waals surface area contributed by atoms with Crippen LogP contribution in [-0.4, -0.2) is 10.9 Å². The van der Waals surface area contributed by atoms with E-state index in [1.54, 1.807) is 36.4 Å². The van der Waals surface area contributed by atoms with Gasteiger partial charge in [0, 0.05) is 22.2 Å². The number of oxazole rings is 1. The summed E-state index contributed by atoms with van der Waals surface area (Å²) in [5, 5.41) is 3.75. The number of nitrogens with zero attached hydrogens (tertiary/aromatic N) is 1. The summed E-state index contributed by atoms with van der Waals surface area (Å²) in [5.41, 5.74) is 6.05. The monoisotopic (exact) mass is 514 g/mol. The van der Waals surface area contributed by atoms with Crippen LogP contribution in [0.3, 0.4) is 0 Å². The van der Waals surface area contributed by atoms with Gasteiger partial charge in [0.15, 0.2) is 5.58 Å². The van der Waals surface area contributed by atoms with Crippen LogP contribution in [0.1, 0.15) is 42.1 Å². The number of amides is 1. The van der Waals surface area contributed by atoms with Crippen LogP contribution in [0, 0.1) is 0 Å². The van der Waals surface area contributed by atoms with Gasteiger partial charge in [-0.1, -0.05) is 50.2 Å². The fourth-order valence-electron chi connectivity index (χ4n) is 4.57. The van der Waals surface area contributed by atoms with E-state index in [0.29, 0.717) is 39.8 Å². The van der Waals surface area contributed by atoms with E-state index in [9.17, 15) is 9.59 Å². The van der Waals surface area contributed by atoms with Gasteiger partial charge < -0.3 is 14.2 Å². The molecule has 1 N–H and O–H groups in total. The quantitative estimate of drug-likeness (QED) is 0.227. The maximum atomic E-state index is 12.9. The number of rotatable bonds is 6. The average Bonchev–Trinajstić information content (AvgIpc) is 3.40. The standard InChI is InChI=1S/C33H26N2O4/c1-3-20(2)24-14-17-30-28(19-24)35-32(38-30)23-12-15-26(16-13-23)34-31(36)22-10-8-21(9-11-22)27-18-25-6-4-5-7-29(25)39-33(27)37/h4-20H,3H2,1-2H3,(H,34,36). The van der Waals surface area contributed by atoms with Crippen molar-refractivity contribution in [1.82, 2.24) is 4.98 Å². The first kappa shape index (κ1) is 24.4. The second-order valence-electron chi connectivity index (χ2n) is 9.65. The van der Waals surface area contributed by atoms with Gasteiger partial charge in [0.25, 0.3) is 5.91 Å². The average molecular weight is 515 g/mol. The zero-order valence-corrected chi connectivity index (χ0v) is 21.6. The molecule has 2 heterocycles. The first-order chi connectivity index (χ1) is 19.0. The van der Waals surface area contributed by atoms with Gasteiger partial charge >= 0.3 is 5.63 Å². The number of para-hydroxylation sites is 1. The van der Waals surface area contributed by atoms with Crippen LogP contribution in [0.25, 0.3) is 44.7 Å². The molecule has 0 fully saturated rings. The summed E-state index contributed by atoms with van der Waals surface area (Å²) in [6, 6.07) is 29.6. The lowest BCUT2D eigenvalue weighted by atomic mass is 9.98. The fourth-order valence-corrected chi connectivity index (χ4v) is 4.57. The molecule has 0 radical (unpaired) electrons. The SMILES string of the molecule is CCC(C)c1ccc2oc(-c3ccc(NC(=O)c4ccc(-c5cc6ccccc6oc5=O)cc4)cc3)nc2c1. The van der Waals surface area contributed by atoms with Gasteiger partial charge in [-0.25, -0.2) is 9.78 Å². The number of anilines is 1. The number of carbonyl (C=O) groups excluding carboxylic acids is 1. The second-order valence-corrected chi connectivity index (χ2v) is 9.65.